The SMILES string of the molecule is CC(C)C(c1ccc(Cl)cc1)C(N)C(=O)Nc1cncc(F)c1CC[C@H]1CN[C@@H]2CCCS(=O)(=O)N1C2. The fourth-order valence-corrected chi connectivity index (χ4v) is 7.38. The molecule has 2 aliphatic rings. The number of piperazine rings is 1. The summed E-state index contributed by atoms with van der Waals surface area (Å²) in [6.45, 7) is 4.92. The number of nitrogens with two attached hydrogens (primary N) is 1. The van der Waals surface area contributed by atoms with Crippen LogP contribution in [0.15, 0.2) is 36.7 Å². The Morgan fingerprint density at radius 3 is 2.73 bits per heavy atom. The van der Waals surface area contributed by atoms with E-state index in [1.54, 1.807) is 16.4 Å². The van der Waals surface area contributed by atoms with Crippen LogP contribution in [0, 0.1) is 11.7 Å². The van der Waals surface area contributed by atoms with Gasteiger partial charge in [0.2, 0.25) is 15.9 Å². The zero-order valence-corrected chi connectivity index (χ0v) is 22.7. The first-order valence-electron chi connectivity index (χ1n) is 12.7. The van der Waals surface area contributed by atoms with Gasteiger partial charge in [-0.25, -0.2) is 12.8 Å². The highest BCUT2D eigenvalue weighted by atomic mass is 35.5. The highest BCUT2D eigenvalue weighted by molar-refractivity contribution is 7.89. The third-order valence-corrected chi connectivity index (χ3v) is 9.63. The van der Waals surface area contributed by atoms with E-state index in [1.165, 1.54) is 6.20 Å². The molecule has 5 atom stereocenters. The Morgan fingerprint density at radius 1 is 1.30 bits per heavy atom. The molecule has 2 aromatic rings. The van der Waals surface area contributed by atoms with Crippen LogP contribution in [0.2, 0.25) is 5.02 Å². The quantitative estimate of drug-likeness (QED) is 0.463. The van der Waals surface area contributed by atoms with Gasteiger partial charge in [-0.15, -0.1) is 0 Å². The van der Waals surface area contributed by atoms with Crippen molar-refractivity contribution in [1.29, 1.82) is 0 Å². The van der Waals surface area contributed by atoms with E-state index in [-0.39, 0.29) is 47.3 Å². The number of carbonyl (C=O) groups excluding carboxylic acids is 1. The number of benzene rings is 1. The van der Waals surface area contributed by atoms with Crippen LogP contribution in [0.4, 0.5) is 10.1 Å². The first-order valence-corrected chi connectivity index (χ1v) is 14.7. The van der Waals surface area contributed by atoms with Crippen LogP contribution in [-0.2, 0) is 21.2 Å². The number of nitrogens with one attached hydrogen (secondary N) is 2. The molecular formula is C26H35ClFN5O3S. The fourth-order valence-electron chi connectivity index (χ4n) is 5.45. The number of fused-ring (bicyclic) bond motifs is 2. The molecule has 8 nitrogen and oxygen atoms in total. The van der Waals surface area contributed by atoms with Gasteiger partial charge in [0, 0.05) is 41.7 Å². The number of halogens is 2. The summed E-state index contributed by atoms with van der Waals surface area (Å²) in [6.07, 6.45) is 4.62. The largest absolute Gasteiger partial charge is 0.323 e. The third kappa shape index (κ3) is 6.49. The summed E-state index contributed by atoms with van der Waals surface area (Å²) in [6, 6.07) is 6.21. The van der Waals surface area contributed by atoms with Crippen LogP contribution in [0.3, 0.4) is 0 Å². The topological polar surface area (TPSA) is 117 Å². The van der Waals surface area contributed by atoms with Crippen molar-refractivity contribution < 1.29 is 17.6 Å². The van der Waals surface area contributed by atoms with Crippen molar-refractivity contribution in [2.75, 3.05) is 24.2 Å². The maximum Gasteiger partial charge on any atom is 0.241 e. The van der Waals surface area contributed by atoms with Crippen LogP contribution in [0.25, 0.3) is 0 Å². The van der Waals surface area contributed by atoms with Crippen molar-refractivity contribution in [1.82, 2.24) is 14.6 Å². The summed E-state index contributed by atoms with van der Waals surface area (Å²) < 4.78 is 42.0. The van der Waals surface area contributed by atoms with E-state index < -0.39 is 27.8 Å². The molecule has 3 heterocycles. The Bertz CT molecular complexity index is 1210. The molecule has 0 spiro atoms. The predicted molar refractivity (Wildman–Crippen MR) is 143 cm³/mol. The monoisotopic (exact) mass is 551 g/mol. The van der Waals surface area contributed by atoms with E-state index in [1.807, 2.05) is 26.0 Å². The van der Waals surface area contributed by atoms with Crippen molar-refractivity contribution in [2.24, 2.45) is 11.7 Å². The van der Waals surface area contributed by atoms with Gasteiger partial charge >= 0.3 is 0 Å². The highest BCUT2D eigenvalue weighted by Gasteiger charge is 2.38. The number of pyridine rings is 1. The molecule has 3 unspecified atom stereocenters. The molecule has 0 saturated carbocycles. The molecule has 4 rings (SSSR count). The number of amides is 1. The smallest absolute Gasteiger partial charge is 0.241 e. The first kappa shape index (κ1) is 27.9. The zero-order valence-electron chi connectivity index (χ0n) is 21.2. The van der Waals surface area contributed by atoms with E-state index in [0.717, 1.165) is 18.2 Å². The molecule has 4 N–H and O–H groups in total. The fraction of sp³-hybridized carbons (Fsp3) is 0.538. The van der Waals surface area contributed by atoms with Crippen LogP contribution in [-0.4, -0.2) is 60.6 Å². The Balaban J connectivity index is 1.49. The van der Waals surface area contributed by atoms with Crippen LogP contribution in [0.1, 0.15) is 50.2 Å². The van der Waals surface area contributed by atoms with E-state index in [4.69, 9.17) is 17.3 Å². The maximum absolute atomic E-state index is 14.9. The van der Waals surface area contributed by atoms with Gasteiger partial charge in [0.05, 0.1) is 29.9 Å². The second-order valence-corrected chi connectivity index (χ2v) is 12.8. The Hall–Kier alpha value is -2.11. The van der Waals surface area contributed by atoms with Gasteiger partial charge in [0.15, 0.2) is 0 Å². The molecule has 2 bridgehead atoms. The highest BCUT2D eigenvalue weighted by Crippen LogP contribution is 2.30. The average Bonchev–Trinajstić information content (AvgIpc) is 2.96. The minimum absolute atomic E-state index is 0.0604. The van der Waals surface area contributed by atoms with E-state index in [0.29, 0.717) is 31.0 Å². The van der Waals surface area contributed by atoms with Gasteiger partial charge in [-0.2, -0.15) is 4.31 Å². The van der Waals surface area contributed by atoms with Crippen LogP contribution >= 0.6 is 11.6 Å². The molecule has 2 fully saturated rings. The van der Waals surface area contributed by atoms with Gasteiger partial charge in [0.1, 0.15) is 5.82 Å². The number of sulfonamides is 1. The molecule has 1 aromatic carbocycles. The van der Waals surface area contributed by atoms with E-state index >= 15 is 0 Å². The Kier molecular flexibility index (Phi) is 8.85. The standard InChI is InChI=1S/C26H35ClFN5O3S/c1-16(2)24(17-5-7-18(27)8-6-17)25(29)26(34)32-23-14-30-13-22(28)21(23)10-9-20-12-31-19-4-3-11-37(35,36)33(20)15-19/h5-8,13-14,16,19-20,24-25,31H,3-4,9-12,15,29H2,1-2H3,(H,32,34)/t19-,20+,24?,25?/m1/s1. The van der Waals surface area contributed by atoms with Crippen LogP contribution < -0.4 is 16.4 Å². The normalized spacial score (nSPS) is 24.8. The van der Waals surface area contributed by atoms with E-state index in [9.17, 15) is 17.6 Å². The number of rotatable bonds is 8. The summed E-state index contributed by atoms with van der Waals surface area (Å²) in [5.41, 5.74) is 7.85. The van der Waals surface area contributed by atoms with E-state index in [2.05, 4.69) is 15.6 Å². The number of carbonyl (C=O) groups is 1. The molecule has 2 saturated heterocycles. The average molecular weight is 552 g/mol. The van der Waals surface area contributed by atoms with Gasteiger partial charge in [-0.3, -0.25) is 9.78 Å². The lowest BCUT2D eigenvalue weighted by atomic mass is 9.82. The van der Waals surface area contributed by atoms with Crippen molar-refractivity contribution >= 4 is 33.2 Å². The lowest BCUT2D eigenvalue weighted by molar-refractivity contribution is -0.118. The van der Waals surface area contributed by atoms with Crippen molar-refractivity contribution in [3.8, 4) is 0 Å². The predicted octanol–water partition coefficient (Wildman–Crippen LogP) is 3.28. The Morgan fingerprint density at radius 2 is 2.03 bits per heavy atom. The van der Waals surface area contributed by atoms with Crippen molar-refractivity contribution in [2.45, 2.75) is 63.6 Å². The molecule has 202 valence electrons. The summed E-state index contributed by atoms with van der Waals surface area (Å²) in [7, 11) is -3.35. The number of anilines is 1. The molecular weight excluding hydrogens is 517 g/mol. The minimum atomic E-state index is -3.35. The second kappa shape index (κ2) is 11.7. The summed E-state index contributed by atoms with van der Waals surface area (Å²) >= 11 is 6.02. The summed E-state index contributed by atoms with van der Waals surface area (Å²) in [5.74, 6) is -1.08. The number of hydrogen-bond donors (Lipinski definition) is 3. The molecule has 1 aromatic heterocycles. The van der Waals surface area contributed by atoms with Gasteiger partial charge in [-0.1, -0.05) is 37.6 Å². The number of hydrogen-bond acceptors (Lipinski definition) is 6. The molecule has 11 heteroatoms. The maximum atomic E-state index is 14.9. The van der Waals surface area contributed by atoms with Crippen molar-refractivity contribution in [3.05, 3.63) is 58.6 Å². The third-order valence-electron chi connectivity index (χ3n) is 7.42. The molecule has 0 aliphatic carbocycles. The van der Waals surface area contributed by atoms with Crippen LogP contribution in [0.5, 0.6) is 0 Å². The zero-order chi connectivity index (χ0) is 26.7. The molecule has 0 radical (unpaired) electrons. The molecule has 1 amide bonds. The van der Waals surface area contributed by atoms with Gasteiger partial charge in [0.25, 0.3) is 0 Å². The lowest BCUT2D eigenvalue weighted by Crippen LogP contribution is -2.57. The summed E-state index contributed by atoms with van der Waals surface area (Å²) in [5, 5.41) is 6.81. The van der Waals surface area contributed by atoms with Gasteiger partial charge < -0.3 is 16.4 Å². The summed E-state index contributed by atoms with van der Waals surface area (Å²) in [4.78, 5) is 17.1. The Labute approximate surface area is 223 Å². The number of aromatic nitrogens is 1. The van der Waals surface area contributed by atoms with Crippen molar-refractivity contribution in [3.63, 3.8) is 0 Å². The molecule has 37 heavy (non-hydrogen) atoms. The minimum Gasteiger partial charge on any atom is -0.323 e. The van der Waals surface area contributed by atoms with Gasteiger partial charge in [-0.05, 0) is 49.3 Å². The molecule has 2 aliphatic heterocycles. The number of nitrogens with zero attached hydrogens (tertiary/aromatic N) is 2. The first-order chi connectivity index (χ1) is 17.6. The second-order valence-electron chi connectivity index (χ2n) is 10.3. The lowest BCUT2D eigenvalue weighted by Gasteiger charge is -2.37.